The quantitative estimate of drug-likeness (QED) is 0.791. The third kappa shape index (κ3) is 2.71. The number of nitrogens with one attached hydrogen (secondary N) is 2. The van der Waals surface area contributed by atoms with Crippen molar-refractivity contribution in [1.29, 1.82) is 0 Å². The number of rotatable bonds is 5. The van der Waals surface area contributed by atoms with Crippen molar-refractivity contribution in [1.82, 2.24) is 15.3 Å². The molecule has 2 N–H and O–H groups in total. The minimum absolute atomic E-state index is 0.556. The van der Waals surface area contributed by atoms with Crippen molar-refractivity contribution in [2.45, 2.75) is 25.3 Å². The van der Waals surface area contributed by atoms with Gasteiger partial charge in [-0.25, -0.2) is 4.98 Å². The second-order valence-corrected chi connectivity index (χ2v) is 4.82. The molecule has 4 nitrogen and oxygen atoms in total. The summed E-state index contributed by atoms with van der Waals surface area (Å²) in [5.74, 6) is 1.08. The summed E-state index contributed by atoms with van der Waals surface area (Å²) in [6.45, 7) is 2.80. The van der Waals surface area contributed by atoms with Gasteiger partial charge in [0, 0.05) is 19.1 Å². The first-order valence-electron chi connectivity index (χ1n) is 6.66. The first-order valence-corrected chi connectivity index (χ1v) is 6.66. The first kappa shape index (κ1) is 11.7. The molecule has 1 aromatic carbocycles. The molecule has 2 heterocycles. The van der Waals surface area contributed by atoms with Crippen LogP contribution < -0.4 is 5.32 Å². The highest BCUT2D eigenvalue weighted by Gasteiger charge is 2.13. The predicted molar refractivity (Wildman–Crippen MR) is 71.6 cm³/mol. The van der Waals surface area contributed by atoms with Gasteiger partial charge in [-0.1, -0.05) is 12.1 Å². The van der Waals surface area contributed by atoms with Crippen LogP contribution in [0.15, 0.2) is 24.3 Å². The number of para-hydroxylation sites is 2. The van der Waals surface area contributed by atoms with Gasteiger partial charge in [0.15, 0.2) is 0 Å². The number of aromatic nitrogens is 2. The number of ether oxygens (including phenoxy) is 1. The van der Waals surface area contributed by atoms with Crippen molar-refractivity contribution in [2.24, 2.45) is 0 Å². The molecule has 0 bridgehead atoms. The molecule has 1 aliphatic heterocycles. The number of H-pyrrole nitrogens is 1. The van der Waals surface area contributed by atoms with Crippen LogP contribution in [0.25, 0.3) is 11.0 Å². The molecular formula is C14H19N3O. The van der Waals surface area contributed by atoms with Crippen LogP contribution in [0, 0.1) is 0 Å². The molecule has 0 radical (unpaired) electrons. The van der Waals surface area contributed by atoms with Gasteiger partial charge in [0.25, 0.3) is 0 Å². The summed E-state index contributed by atoms with van der Waals surface area (Å²) in [5, 5.41) is 3.52. The maximum absolute atomic E-state index is 5.33. The summed E-state index contributed by atoms with van der Waals surface area (Å²) in [7, 11) is 0. The Bertz CT molecular complexity index is 469. The Morgan fingerprint density at radius 3 is 3.17 bits per heavy atom. The minimum atomic E-state index is 0.556. The number of fused-ring (bicyclic) bond motifs is 1. The highest BCUT2D eigenvalue weighted by Crippen LogP contribution is 2.11. The van der Waals surface area contributed by atoms with Crippen molar-refractivity contribution >= 4 is 11.0 Å². The van der Waals surface area contributed by atoms with E-state index < -0.39 is 0 Å². The van der Waals surface area contributed by atoms with Crippen LogP contribution in [0.5, 0.6) is 0 Å². The highest BCUT2D eigenvalue weighted by molar-refractivity contribution is 5.74. The lowest BCUT2D eigenvalue weighted by Crippen LogP contribution is -2.30. The van der Waals surface area contributed by atoms with Crippen LogP contribution in [0.4, 0.5) is 0 Å². The van der Waals surface area contributed by atoms with Gasteiger partial charge < -0.3 is 15.0 Å². The van der Waals surface area contributed by atoms with Gasteiger partial charge in [-0.3, -0.25) is 0 Å². The Morgan fingerprint density at radius 1 is 1.39 bits per heavy atom. The molecule has 1 atom stereocenters. The largest absolute Gasteiger partial charge is 0.380 e. The molecule has 0 aliphatic carbocycles. The van der Waals surface area contributed by atoms with Gasteiger partial charge in [-0.05, 0) is 31.5 Å². The smallest absolute Gasteiger partial charge is 0.107 e. The monoisotopic (exact) mass is 245 g/mol. The van der Waals surface area contributed by atoms with E-state index in [4.69, 9.17) is 4.74 Å². The molecule has 0 amide bonds. The Kier molecular flexibility index (Phi) is 3.57. The van der Waals surface area contributed by atoms with Gasteiger partial charge >= 0.3 is 0 Å². The van der Waals surface area contributed by atoms with Crippen LogP contribution in [0.3, 0.4) is 0 Å². The summed E-state index contributed by atoms with van der Waals surface area (Å²) in [6, 6.07) is 8.73. The van der Waals surface area contributed by atoms with Crippen molar-refractivity contribution in [2.75, 3.05) is 19.8 Å². The molecule has 1 aliphatic rings. The van der Waals surface area contributed by atoms with Crippen molar-refractivity contribution in [3.63, 3.8) is 0 Å². The van der Waals surface area contributed by atoms with Gasteiger partial charge in [0.1, 0.15) is 5.82 Å². The molecule has 1 saturated heterocycles. The maximum atomic E-state index is 5.33. The number of hydrogen-bond acceptors (Lipinski definition) is 3. The summed E-state index contributed by atoms with van der Waals surface area (Å²) in [6.07, 6.45) is 3.25. The molecule has 4 heteroatoms. The van der Waals surface area contributed by atoms with Crippen molar-refractivity contribution < 1.29 is 4.74 Å². The zero-order chi connectivity index (χ0) is 12.2. The second-order valence-electron chi connectivity index (χ2n) is 4.82. The highest BCUT2D eigenvalue weighted by atomic mass is 16.5. The average molecular weight is 245 g/mol. The van der Waals surface area contributed by atoms with Crippen LogP contribution in [0.1, 0.15) is 18.7 Å². The standard InChI is InChI=1S/C14H19N3O/c1-2-5-13-12(4-1)16-14(17-13)6-3-8-15-11-7-9-18-10-11/h1-2,4-5,11,15H,3,6-10H2,(H,16,17). The van der Waals surface area contributed by atoms with Gasteiger partial charge in [-0.2, -0.15) is 0 Å². The Hall–Kier alpha value is -1.39. The summed E-state index contributed by atoms with van der Waals surface area (Å²) >= 11 is 0. The van der Waals surface area contributed by atoms with Crippen LogP contribution in [-0.2, 0) is 11.2 Å². The average Bonchev–Trinajstić information content (AvgIpc) is 3.03. The van der Waals surface area contributed by atoms with Gasteiger partial charge in [0.2, 0.25) is 0 Å². The minimum Gasteiger partial charge on any atom is -0.380 e. The summed E-state index contributed by atoms with van der Waals surface area (Å²) in [5.41, 5.74) is 2.19. The molecule has 1 fully saturated rings. The second kappa shape index (κ2) is 5.50. The van der Waals surface area contributed by atoms with E-state index in [-0.39, 0.29) is 0 Å². The number of benzene rings is 1. The summed E-state index contributed by atoms with van der Waals surface area (Å²) < 4.78 is 5.33. The van der Waals surface area contributed by atoms with Crippen LogP contribution >= 0.6 is 0 Å². The van der Waals surface area contributed by atoms with E-state index in [0.29, 0.717) is 6.04 Å². The molecule has 0 spiro atoms. The molecule has 1 unspecified atom stereocenters. The molecular weight excluding hydrogens is 226 g/mol. The fraction of sp³-hybridized carbons (Fsp3) is 0.500. The fourth-order valence-corrected chi connectivity index (χ4v) is 2.38. The summed E-state index contributed by atoms with van der Waals surface area (Å²) in [4.78, 5) is 7.93. The first-order chi connectivity index (χ1) is 8.92. The Morgan fingerprint density at radius 2 is 2.33 bits per heavy atom. The van der Waals surface area contributed by atoms with E-state index in [1.165, 1.54) is 0 Å². The lowest BCUT2D eigenvalue weighted by Gasteiger charge is -2.09. The van der Waals surface area contributed by atoms with Gasteiger partial charge in [-0.15, -0.1) is 0 Å². The topological polar surface area (TPSA) is 49.9 Å². The van der Waals surface area contributed by atoms with E-state index in [0.717, 1.165) is 55.9 Å². The van der Waals surface area contributed by atoms with E-state index in [1.54, 1.807) is 0 Å². The van der Waals surface area contributed by atoms with Crippen molar-refractivity contribution in [3.05, 3.63) is 30.1 Å². The number of aryl methyl sites for hydroxylation is 1. The third-order valence-electron chi connectivity index (χ3n) is 3.39. The third-order valence-corrected chi connectivity index (χ3v) is 3.39. The molecule has 18 heavy (non-hydrogen) atoms. The number of imidazole rings is 1. The number of aromatic amines is 1. The SMILES string of the molecule is c1ccc2[nH]c(CCCNC3CCOC3)nc2c1. The zero-order valence-corrected chi connectivity index (χ0v) is 10.5. The molecule has 3 rings (SSSR count). The number of nitrogens with zero attached hydrogens (tertiary/aromatic N) is 1. The lowest BCUT2D eigenvalue weighted by atomic mass is 10.2. The number of hydrogen-bond donors (Lipinski definition) is 2. The van der Waals surface area contributed by atoms with Crippen LogP contribution in [0.2, 0.25) is 0 Å². The van der Waals surface area contributed by atoms with E-state index in [9.17, 15) is 0 Å². The predicted octanol–water partition coefficient (Wildman–Crippen LogP) is 1.87. The molecule has 0 saturated carbocycles. The van der Waals surface area contributed by atoms with Crippen molar-refractivity contribution in [3.8, 4) is 0 Å². The maximum Gasteiger partial charge on any atom is 0.107 e. The normalized spacial score (nSPS) is 19.7. The zero-order valence-electron chi connectivity index (χ0n) is 10.5. The van der Waals surface area contributed by atoms with E-state index >= 15 is 0 Å². The fourth-order valence-electron chi connectivity index (χ4n) is 2.38. The van der Waals surface area contributed by atoms with E-state index in [2.05, 4.69) is 21.4 Å². The Labute approximate surface area is 107 Å². The lowest BCUT2D eigenvalue weighted by molar-refractivity contribution is 0.190. The molecule has 96 valence electrons. The van der Waals surface area contributed by atoms with Crippen LogP contribution in [-0.4, -0.2) is 35.8 Å². The Balaban J connectivity index is 1.47. The molecule has 1 aromatic heterocycles. The van der Waals surface area contributed by atoms with E-state index in [1.807, 2.05) is 18.2 Å². The van der Waals surface area contributed by atoms with Gasteiger partial charge in [0.05, 0.1) is 17.6 Å². The molecule has 2 aromatic rings.